The number of ketones is 1. The Morgan fingerprint density at radius 3 is 3.08 bits per heavy atom. The molecule has 3 heteroatoms. The van der Waals surface area contributed by atoms with Gasteiger partial charge in [-0.1, -0.05) is 6.07 Å². The Bertz CT molecular complexity index is 371. The van der Waals surface area contributed by atoms with E-state index in [2.05, 4.69) is 4.99 Å². The van der Waals surface area contributed by atoms with E-state index in [0.29, 0.717) is 12.1 Å². The van der Waals surface area contributed by atoms with Crippen LogP contribution in [0.2, 0.25) is 0 Å². The number of fused-ring (bicyclic) bond motifs is 1. The number of hydrogen-bond donors (Lipinski definition) is 0. The number of carbonyl (C=O) groups excluding carboxylic acids is 1. The van der Waals surface area contributed by atoms with E-state index < -0.39 is 0 Å². The molecule has 0 saturated heterocycles. The van der Waals surface area contributed by atoms with Gasteiger partial charge in [0.15, 0.2) is 5.78 Å². The van der Waals surface area contributed by atoms with Gasteiger partial charge in [-0.2, -0.15) is 0 Å². The number of carbonyl (C=O) groups is 1. The van der Waals surface area contributed by atoms with Crippen molar-refractivity contribution in [3.8, 4) is 0 Å². The molecule has 1 heterocycles. The molecule has 0 atom stereocenters. The molecule has 1 aromatic carbocycles. The summed E-state index contributed by atoms with van der Waals surface area (Å²) in [6, 6.07) is 4.27. The molecule has 0 unspecified atom stereocenters. The van der Waals surface area contributed by atoms with Gasteiger partial charge >= 0.3 is 0 Å². The zero-order valence-corrected chi connectivity index (χ0v) is 6.25. The maximum absolute atomic E-state index is 12.6. The minimum absolute atomic E-state index is 0.0332. The van der Waals surface area contributed by atoms with Crippen molar-refractivity contribution in [2.24, 2.45) is 4.99 Å². The molecule has 2 nitrogen and oxygen atoms in total. The van der Waals surface area contributed by atoms with E-state index in [1.165, 1.54) is 18.3 Å². The van der Waals surface area contributed by atoms with E-state index in [-0.39, 0.29) is 11.6 Å². The van der Waals surface area contributed by atoms with Gasteiger partial charge in [0.25, 0.3) is 0 Å². The van der Waals surface area contributed by atoms with Gasteiger partial charge < -0.3 is 0 Å². The zero-order chi connectivity index (χ0) is 8.55. The SMILES string of the molecule is O=C1C=Nc2cc(F)ccc2C1. The Kier molecular flexibility index (Phi) is 1.50. The maximum Gasteiger partial charge on any atom is 0.178 e. The highest BCUT2D eigenvalue weighted by Crippen LogP contribution is 2.23. The van der Waals surface area contributed by atoms with Crippen molar-refractivity contribution in [3.63, 3.8) is 0 Å². The monoisotopic (exact) mass is 163 g/mol. The molecule has 0 spiro atoms. The number of nitrogens with zero attached hydrogens (tertiary/aromatic N) is 1. The topological polar surface area (TPSA) is 29.4 Å². The molecule has 0 saturated carbocycles. The molecule has 60 valence electrons. The second kappa shape index (κ2) is 2.52. The predicted octanol–water partition coefficient (Wildman–Crippen LogP) is 1.65. The summed E-state index contributed by atoms with van der Waals surface area (Å²) in [7, 11) is 0. The Morgan fingerprint density at radius 2 is 2.25 bits per heavy atom. The molecule has 0 fully saturated rings. The first-order valence-corrected chi connectivity index (χ1v) is 3.61. The third-order valence-electron chi connectivity index (χ3n) is 1.76. The highest BCUT2D eigenvalue weighted by atomic mass is 19.1. The summed E-state index contributed by atoms with van der Waals surface area (Å²) in [5.74, 6) is -0.352. The van der Waals surface area contributed by atoms with Gasteiger partial charge in [-0.05, 0) is 17.7 Å². The minimum atomic E-state index is -0.319. The number of halogens is 1. The van der Waals surface area contributed by atoms with E-state index in [0.717, 1.165) is 5.56 Å². The van der Waals surface area contributed by atoms with Crippen LogP contribution in [0, 0.1) is 5.82 Å². The molecule has 0 aliphatic carbocycles. The highest BCUT2D eigenvalue weighted by Gasteiger charge is 2.11. The summed E-state index contributed by atoms with van der Waals surface area (Å²) >= 11 is 0. The number of hydrogen-bond acceptors (Lipinski definition) is 2. The van der Waals surface area contributed by atoms with E-state index in [1.54, 1.807) is 6.07 Å². The molecule has 0 bridgehead atoms. The molecule has 0 amide bonds. The van der Waals surface area contributed by atoms with Crippen molar-refractivity contribution in [2.45, 2.75) is 6.42 Å². The molecule has 2 rings (SSSR count). The van der Waals surface area contributed by atoms with E-state index in [4.69, 9.17) is 0 Å². The molecular weight excluding hydrogens is 157 g/mol. The number of Topliss-reactive ketones (excluding diaryl/α,β-unsaturated/α-hetero) is 1. The first-order chi connectivity index (χ1) is 5.75. The summed E-state index contributed by atoms with van der Waals surface area (Å²) in [6.45, 7) is 0. The van der Waals surface area contributed by atoms with Crippen LogP contribution >= 0.6 is 0 Å². The highest BCUT2D eigenvalue weighted by molar-refractivity contribution is 6.29. The molecule has 1 aliphatic heterocycles. The van der Waals surface area contributed by atoms with Gasteiger partial charge in [0.2, 0.25) is 0 Å². The lowest BCUT2D eigenvalue weighted by Gasteiger charge is -2.07. The van der Waals surface area contributed by atoms with Crippen LogP contribution in [0.25, 0.3) is 0 Å². The second-order valence-corrected chi connectivity index (χ2v) is 2.67. The lowest BCUT2D eigenvalue weighted by atomic mass is 10.1. The summed E-state index contributed by atoms with van der Waals surface area (Å²) in [5, 5.41) is 0. The predicted molar refractivity (Wildman–Crippen MR) is 43.3 cm³/mol. The van der Waals surface area contributed by atoms with Gasteiger partial charge in [-0.25, -0.2) is 4.39 Å². The van der Waals surface area contributed by atoms with Crippen molar-refractivity contribution in [3.05, 3.63) is 29.6 Å². The van der Waals surface area contributed by atoms with Crippen LogP contribution in [0.5, 0.6) is 0 Å². The van der Waals surface area contributed by atoms with Crippen molar-refractivity contribution < 1.29 is 9.18 Å². The fraction of sp³-hybridized carbons (Fsp3) is 0.111. The standard InChI is InChI=1S/C9H6FNO/c10-7-2-1-6-3-8(12)5-11-9(6)4-7/h1-2,4-5H,3H2. The number of aliphatic imine (C=N–C) groups is 1. The second-order valence-electron chi connectivity index (χ2n) is 2.67. The Morgan fingerprint density at radius 1 is 1.42 bits per heavy atom. The van der Waals surface area contributed by atoms with Gasteiger partial charge in [-0.15, -0.1) is 0 Å². The molecule has 1 aromatic rings. The lowest BCUT2D eigenvalue weighted by molar-refractivity contribution is -0.112. The number of rotatable bonds is 0. The fourth-order valence-corrected chi connectivity index (χ4v) is 1.18. The Balaban J connectivity index is 2.54. The smallest absolute Gasteiger partial charge is 0.178 e. The largest absolute Gasteiger partial charge is 0.293 e. The van der Waals surface area contributed by atoms with E-state index in [9.17, 15) is 9.18 Å². The first kappa shape index (κ1) is 7.16. The number of benzene rings is 1. The van der Waals surface area contributed by atoms with Crippen LogP contribution in [-0.4, -0.2) is 12.0 Å². The molecular formula is C9H6FNO. The third kappa shape index (κ3) is 1.13. The van der Waals surface area contributed by atoms with Gasteiger partial charge in [0, 0.05) is 6.42 Å². The molecule has 0 radical (unpaired) electrons. The maximum atomic E-state index is 12.6. The van der Waals surface area contributed by atoms with Gasteiger partial charge in [0.05, 0.1) is 11.9 Å². The van der Waals surface area contributed by atoms with Crippen molar-refractivity contribution in [2.75, 3.05) is 0 Å². The average Bonchev–Trinajstić information content (AvgIpc) is 2.05. The normalized spacial score (nSPS) is 14.6. The molecule has 0 N–H and O–H groups in total. The van der Waals surface area contributed by atoms with Crippen molar-refractivity contribution in [1.82, 2.24) is 0 Å². The average molecular weight is 163 g/mol. The van der Waals surface area contributed by atoms with E-state index in [1.807, 2.05) is 0 Å². The van der Waals surface area contributed by atoms with Crippen LogP contribution < -0.4 is 0 Å². The Labute approximate surface area is 68.7 Å². The molecule has 0 aromatic heterocycles. The van der Waals surface area contributed by atoms with Crippen LogP contribution in [-0.2, 0) is 11.2 Å². The molecule has 12 heavy (non-hydrogen) atoms. The zero-order valence-electron chi connectivity index (χ0n) is 6.25. The van der Waals surface area contributed by atoms with Gasteiger partial charge in [0.1, 0.15) is 5.82 Å². The quantitative estimate of drug-likeness (QED) is 0.571. The first-order valence-electron chi connectivity index (χ1n) is 3.61. The molecule has 1 aliphatic rings. The van der Waals surface area contributed by atoms with Gasteiger partial charge in [-0.3, -0.25) is 9.79 Å². The van der Waals surface area contributed by atoms with Crippen LogP contribution in [0.4, 0.5) is 10.1 Å². The summed E-state index contributed by atoms with van der Waals surface area (Å²) in [5.41, 5.74) is 1.36. The van der Waals surface area contributed by atoms with Crippen molar-refractivity contribution >= 4 is 17.7 Å². The fourth-order valence-electron chi connectivity index (χ4n) is 1.18. The van der Waals surface area contributed by atoms with E-state index >= 15 is 0 Å². The Hall–Kier alpha value is -1.51. The summed E-state index contributed by atoms with van der Waals surface area (Å²) < 4.78 is 12.6. The summed E-state index contributed by atoms with van der Waals surface area (Å²) in [4.78, 5) is 14.7. The van der Waals surface area contributed by atoms with Crippen LogP contribution in [0.3, 0.4) is 0 Å². The minimum Gasteiger partial charge on any atom is -0.293 e. The van der Waals surface area contributed by atoms with Crippen LogP contribution in [0.1, 0.15) is 5.56 Å². The van der Waals surface area contributed by atoms with Crippen LogP contribution in [0.15, 0.2) is 23.2 Å². The van der Waals surface area contributed by atoms with Crippen molar-refractivity contribution in [1.29, 1.82) is 0 Å². The lowest BCUT2D eigenvalue weighted by Crippen LogP contribution is -2.08. The summed E-state index contributed by atoms with van der Waals surface area (Å²) in [6.07, 6.45) is 1.57. The third-order valence-corrected chi connectivity index (χ3v) is 1.76.